The van der Waals surface area contributed by atoms with Gasteiger partial charge in [-0.2, -0.15) is 15.0 Å². The molecule has 12 heteroatoms. The van der Waals surface area contributed by atoms with Crippen LogP contribution >= 0.6 is 0 Å². The third-order valence-corrected chi connectivity index (χ3v) is 4.22. The van der Waals surface area contributed by atoms with Crippen molar-refractivity contribution in [2.24, 2.45) is 5.73 Å². The van der Waals surface area contributed by atoms with Crippen molar-refractivity contribution in [2.45, 2.75) is 26.3 Å². The summed E-state index contributed by atoms with van der Waals surface area (Å²) in [7, 11) is 0. The van der Waals surface area contributed by atoms with E-state index in [0.717, 1.165) is 0 Å². The zero-order valence-corrected chi connectivity index (χ0v) is 19.8. The summed E-state index contributed by atoms with van der Waals surface area (Å²) >= 11 is 0. The lowest BCUT2D eigenvalue weighted by atomic mass is 10.2. The number of aliphatic hydroxyl groups is 1. The molecule has 1 aromatic carbocycles. The topological polar surface area (TPSA) is 169 Å². The SMILES string of the molecule is CC(C)Nc1nc(NCCCO)nc(Nc2cccc(C(=O)NCCOCCOCCN)c2)n1. The Bertz CT molecular complexity index is 869. The highest BCUT2D eigenvalue weighted by Crippen LogP contribution is 2.17. The first-order chi connectivity index (χ1) is 16.5. The van der Waals surface area contributed by atoms with Gasteiger partial charge in [-0.1, -0.05) is 6.07 Å². The van der Waals surface area contributed by atoms with Gasteiger partial charge < -0.3 is 41.6 Å². The smallest absolute Gasteiger partial charge is 0.251 e. The minimum Gasteiger partial charge on any atom is -0.396 e. The summed E-state index contributed by atoms with van der Waals surface area (Å²) < 4.78 is 10.6. The van der Waals surface area contributed by atoms with E-state index >= 15 is 0 Å². The monoisotopic (exact) mass is 476 g/mol. The van der Waals surface area contributed by atoms with E-state index in [9.17, 15) is 4.79 Å². The standard InChI is InChI=1S/C22H36N8O4/c1-16(2)26-21-28-20(25-8-4-10-31)29-22(30-21)27-18-6-3-5-17(15-18)19(32)24-9-12-34-14-13-33-11-7-23/h3,5-6,15-16,31H,4,7-14,23H2,1-2H3,(H,24,32)(H3,25,26,27,28,29,30). The number of aromatic nitrogens is 3. The van der Waals surface area contributed by atoms with Crippen LogP contribution in [0.3, 0.4) is 0 Å². The van der Waals surface area contributed by atoms with Crippen molar-refractivity contribution >= 4 is 29.4 Å². The first-order valence-corrected chi connectivity index (χ1v) is 11.4. The Hall–Kier alpha value is -3.06. The van der Waals surface area contributed by atoms with E-state index in [4.69, 9.17) is 20.3 Å². The van der Waals surface area contributed by atoms with Crippen LogP contribution in [-0.4, -0.2) is 84.7 Å². The summed E-state index contributed by atoms with van der Waals surface area (Å²) in [6.07, 6.45) is 0.575. The number of carbonyl (C=O) groups excluding carboxylic acids is 1. The summed E-state index contributed by atoms with van der Waals surface area (Å²) in [4.78, 5) is 25.6. The number of rotatable bonds is 17. The van der Waals surface area contributed by atoms with Crippen molar-refractivity contribution in [3.8, 4) is 0 Å². The molecule has 0 bridgehead atoms. The predicted molar refractivity (Wildman–Crippen MR) is 132 cm³/mol. The van der Waals surface area contributed by atoms with E-state index < -0.39 is 0 Å². The number of hydrogen-bond donors (Lipinski definition) is 6. The van der Waals surface area contributed by atoms with Gasteiger partial charge in [-0.25, -0.2) is 0 Å². The highest BCUT2D eigenvalue weighted by Gasteiger charge is 2.10. The maximum Gasteiger partial charge on any atom is 0.251 e. The fourth-order valence-electron chi connectivity index (χ4n) is 2.72. The van der Waals surface area contributed by atoms with Crippen molar-refractivity contribution < 1.29 is 19.4 Å². The van der Waals surface area contributed by atoms with Gasteiger partial charge in [0.1, 0.15) is 0 Å². The molecule has 2 rings (SSSR count). The van der Waals surface area contributed by atoms with E-state index in [1.165, 1.54) is 0 Å². The van der Waals surface area contributed by atoms with Crippen molar-refractivity contribution in [3.05, 3.63) is 29.8 Å². The molecule has 0 spiro atoms. The molecule has 0 radical (unpaired) electrons. The van der Waals surface area contributed by atoms with Crippen LogP contribution in [0.4, 0.5) is 23.5 Å². The van der Waals surface area contributed by atoms with E-state index in [1.54, 1.807) is 18.2 Å². The number of nitrogens with zero attached hydrogens (tertiary/aromatic N) is 3. The maximum absolute atomic E-state index is 12.5. The quantitative estimate of drug-likeness (QED) is 0.180. The summed E-state index contributed by atoms with van der Waals surface area (Å²) in [6, 6.07) is 7.17. The van der Waals surface area contributed by atoms with Crippen LogP contribution in [0.1, 0.15) is 30.6 Å². The molecular weight excluding hydrogens is 440 g/mol. The summed E-state index contributed by atoms with van der Waals surface area (Å²) in [5, 5.41) is 21.2. The molecular formula is C22H36N8O4. The second-order valence-corrected chi connectivity index (χ2v) is 7.58. The highest BCUT2D eigenvalue weighted by atomic mass is 16.5. The van der Waals surface area contributed by atoms with Gasteiger partial charge in [0, 0.05) is 43.5 Å². The van der Waals surface area contributed by atoms with E-state index in [-0.39, 0.29) is 18.6 Å². The number of nitrogens with one attached hydrogen (secondary N) is 4. The van der Waals surface area contributed by atoms with Crippen LogP contribution in [0.25, 0.3) is 0 Å². The molecule has 0 aliphatic rings. The van der Waals surface area contributed by atoms with Gasteiger partial charge in [-0.05, 0) is 38.5 Å². The molecule has 0 fully saturated rings. The zero-order chi connectivity index (χ0) is 24.6. The summed E-state index contributed by atoms with van der Waals surface area (Å²) in [5.74, 6) is 0.918. The summed E-state index contributed by atoms with van der Waals surface area (Å²) in [6.45, 7) is 7.26. The summed E-state index contributed by atoms with van der Waals surface area (Å²) in [5.41, 5.74) is 6.49. The Labute approximate surface area is 200 Å². The van der Waals surface area contributed by atoms with Crippen molar-refractivity contribution in [3.63, 3.8) is 0 Å². The Morgan fingerprint density at radius 1 is 1.03 bits per heavy atom. The average molecular weight is 477 g/mol. The predicted octanol–water partition coefficient (Wildman–Crippen LogP) is 0.952. The molecule has 7 N–H and O–H groups in total. The van der Waals surface area contributed by atoms with Gasteiger partial charge in [-0.3, -0.25) is 4.79 Å². The molecule has 0 aliphatic carbocycles. The minimum absolute atomic E-state index is 0.0739. The normalized spacial score (nSPS) is 10.9. The lowest BCUT2D eigenvalue weighted by Gasteiger charge is -2.13. The van der Waals surface area contributed by atoms with Gasteiger partial charge in [-0.15, -0.1) is 0 Å². The molecule has 188 valence electrons. The van der Waals surface area contributed by atoms with Crippen molar-refractivity contribution in [1.82, 2.24) is 20.3 Å². The number of nitrogens with two attached hydrogens (primary N) is 1. The number of carbonyl (C=O) groups is 1. The van der Waals surface area contributed by atoms with Crippen LogP contribution in [0.2, 0.25) is 0 Å². The lowest BCUT2D eigenvalue weighted by molar-refractivity contribution is 0.0511. The van der Waals surface area contributed by atoms with Gasteiger partial charge in [0.2, 0.25) is 17.8 Å². The minimum atomic E-state index is -0.212. The number of anilines is 4. The average Bonchev–Trinajstić information content (AvgIpc) is 2.80. The number of amides is 1. The van der Waals surface area contributed by atoms with Crippen LogP contribution in [0, 0.1) is 0 Å². The van der Waals surface area contributed by atoms with E-state index in [0.29, 0.717) is 81.6 Å². The Morgan fingerprint density at radius 2 is 1.76 bits per heavy atom. The molecule has 0 aliphatic heterocycles. The number of aliphatic hydroxyl groups excluding tert-OH is 1. The fraction of sp³-hybridized carbons (Fsp3) is 0.545. The Kier molecular flexibility index (Phi) is 12.6. The molecule has 1 amide bonds. The molecule has 1 heterocycles. The Morgan fingerprint density at radius 3 is 2.50 bits per heavy atom. The van der Waals surface area contributed by atoms with Gasteiger partial charge >= 0.3 is 0 Å². The molecule has 2 aromatic rings. The number of ether oxygens (including phenoxy) is 2. The Balaban J connectivity index is 1.94. The molecule has 34 heavy (non-hydrogen) atoms. The van der Waals surface area contributed by atoms with Gasteiger partial charge in [0.05, 0.1) is 26.4 Å². The van der Waals surface area contributed by atoms with Crippen LogP contribution in [0.15, 0.2) is 24.3 Å². The molecule has 0 unspecified atom stereocenters. The van der Waals surface area contributed by atoms with Crippen molar-refractivity contribution in [1.29, 1.82) is 0 Å². The lowest BCUT2D eigenvalue weighted by Crippen LogP contribution is -2.27. The largest absolute Gasteiger partial charge is 0.396 e. The molecule has 0 saturated heterocycles. The first-order valence-electron chi connectivity index (χ1n) is 11.4. The second kappa shape index (κ2) is 15.7. The number of hydrogen-bond acceptors (Lipinski definition) is 11. The third-order valence-electron chi connectivity index (χ3n) is 4.22. The van der Waals surface area contributed by atoms with Gasteiger partial charge in [0.25, 0.3) is 5.91 Å². The van der Waals surface area contributed by atoms with Crippen LogP contribution in [-0.2, 0) is 9.47 Å². The zero-order valence-electron chi connectivity index (χ0n) is 19.8. The van der Waals surface area contributed by atoms with Crippen molar-refractivity contribution in [2.75, 3.05) is 68.6 Å². The van der Waals surface area contributed by atoms with Gasteiger partial charge in [0.15, 0.2) is 0 Å². The number of benzene rings is 1. The fourth-order valence-corrected chi connectivity index (χ4v) is 2.72. The first kappa shape index (κ1) is 27.2. The van der Waals surface area contributed by atoms with Crippen LogP contribution < -0.4 is 27.0 Å². The second-order valence-electron chi connectivity index (χ2n) is 7.58. The molecule has 1 aromatic heterocycles. The van der Waals surface area contributed by atoms with Crippen LogP contribution in [0.5, 0.6) is 0 Å². The third kappa shape index (κ3) is 10.7. The van der Waals surface area contributed by atoms with E-state index in [1.807, 2.05) is 19.9 Å². The maximum atomic E-state index is 12.5. The van der Waals surface area contributed by atoms with E-state index in [2.05, 4.69) is 36.2 Å². The molecule has 0 atom stereocenters. The molecule has 0 saturated carbocycles. The molecule has 12 nitrogen and oxygen atoms in total. The highest BCUT2D eigenvalue weighted by molar-refractivity contribution is 5.95.